The van der Waals surface area contributed by atoms with E-state index in [1.165, 1.54) is 56.1 Å². The predicted octanol–water partition coefficient (Wildman–Crippen LogP) is -0.311. The van der Waals surface area contributed by atoms with Crippen molar-refractivity contribution in [1.29, 1.82) is 0 Å². The summed E-state index contributed by atoms with van der Waals surface area (Å²) < 4.78 is 0. The van der Waals surface area contributed by atoms with Crippen molar-refractivity contribution in [3.63, 3.8) is 0 Å². The van der Waals surface area contributed by atoms with Gasteiger partial charge in [-0.2, -0.15) is 23.5 Å². The summed E-state index contributed by atoms with van der Waals surface area (Å²) in [5, 5.41) is 65.2. The van der Waals surface area contributed by atoms with Crippen LogP contribution in [0.25, 0.3) is 0 Å². The number of carbonyl (C=O) groups is 13. The number of benzene rings is 1. The van der Waals surface area contributed by atoms with Gasteiger partial charge in [0.25, 0.3) is 0 Å². The highest BCUT2D eigenvalue weighted by Crippen LogP contribution is 2.33. The number of nitrogens with zero attached hydrogens (tertiary/aromatic N) is 1. The van der Waals surface area contributed by atoms with E-state index in [1.807, 2.05) is 24.3 Å². The fourth-order valence-electron chi connectivity index (χ4n) is 13.5. The van der Waals surface area contributed by atoms with Gasteiger partial charge < -0.3 is 89.8 Å². The van der Waals surface area contributed by atoms with Crippen LogP contribution in [0.3, 0.4) is 0 Å². The van der Waals surface area contributed by atoms with E-state index in [1.54, 1.807) is 34.6 Å². The number of fused-ring (bicyclic) bond motifs is 4. The molecule has 101 heavy (non-hydrogen) atoms. The highest BCUT2D eigenvalue weighted by atomic mass is 32.2. The first-order valence-corrected chi connectivity index (χ1v) is 37.9. The Morgan fingerprint density at radius 2 is 1.33 bits per heavy atom. The number of carbonyl (C=O) groups excluding carboxylic acids is 12. The van der Waals surface area contributed by atoms with Crippen LogP contribution < -0.4 is 69.5 Å². The number of piperidine rings is 1. The van der Waals surface area contributed by atoms with Crippen LogP contribution in [0.1, 0.15) is 176 Å². The van der Waals surface area contributed by atoms with Gasteiger partial charge in [-0.3, -0.25) is 62.3 Å². The van der Waals surface area contributed by atoms with E-state index in [4.69, 9.17) is 5.73 Å². The molecular weight excluding hydrogens is 1340 g/mol. The summed E-state index contributed by atoms with van der Waals surface area (Å²) in [4.78, 5) is 184. The number of amides is 12. The maximum Gasteiger partial charge on any atom is 0.303 e. The predicted molar refractivity (Wildman–Crippen MR) is 379 cm³/mol. The highest BCUT2D eigenvalue weighted by molar-refractivity contribution is 7.98. The van der Waals surface area contributed by atoms with E-state index in [0.717, 1.165) is 30.5 Å². The van der Waals surface area contributed by atoms with Gasteiger partial charge in [0.1, 0.15) is 66.0 Å². The smallest absolute Gasteiger partial charge is 0.303 e. The van der Waals surface area contributed by atoms with Gasteiger partial charge in [-0.25, -0.2) is 0 Å². The van der Waals surface area contributed by atoms with Crippen LogP contribution in [0.4, 0.5) is 0 Å². The first-order valence-electron chi connectivity index (χ1n) is 35.6. The number of thioether (sulfide) groups is 2. The summed E-state index contributed by atoms with van der Waals surface area (Å²) in [6.45, 7) is 15.2. The molecule has 1 saturated carbocycles. The average Bonchev–Trinajstić information content (AvgIpc) is 1.79. The molecule has 1 aliphatic carbocycles. The molecule has 0 radical (unpaired) electrons. The largest absolute Gasteiger partial charge is 0.481 e. The Morgan fingerprint density at radius 3 is 1.97 bits per heavy atom. The fourth-order valence-corrected chi connectivity index (χ4v) is 15.4. The molecule has 17 N–H and O–H groups in total. The first kappa shape index (κ1) is 82.8. The van der Waals surface area contributed by atoms with Gasteiger partial charge in [0.2, 0.25) is 70.9 Å². The molecule has 564 valence electrons. The lowest BCUT2D eigenvalue weighted by molar-refractivity contribution is -0.144. The third-order valence-electron chi connectivity index (χ3n) is 19.4. The Morgan fingerprint density at radius 1 is 0.693 bits per heavy atom. The van der Waals surface area contributed by atoms with E-state index in [0.29, 0.717) is 62.3 Å². The van der Waals surface area contributed by atoms with Gasteiger partial charge in [-0.1, -0.05) is 65.3 Å². The molecule has 4 heterocycles. The fraction of sp³-hybridized carbons (Fsp3) is 0.725. The van der Waals surface area contributed by atoms with Gasteiger partial charge in [0, 0.05) is 42.4 Å². The third-order valence-corrected chi connectivity index (χ3v) is 21.6. The minimum Gasteiger partial charge on any atom is -0.481 e. The van der Waals surface area contributed by atoms with Gasteiger partial charge in [0.15, 0.2) is 0 Å². The lowest BCUT2D eigenvalue weighted by Gasteiger charge is -2.35. The summed E-state index contributed by atoms with van der Waals surface area (Å²) in [6, 6.07) is -5.51. The first-order chi connectivity index (χ1) is 47.7. The summed E-state index contributed by atoms with van der Waals surface area (Å²) in [5.74, 6) is -9.61. The van der Waals surface area contributed by atoms with Gasteiger partial charge in [0.05, 0.1) is 18.4 Å². The number of carboxylic acids is 1. The van der Waals surface area contributed by atoms with Crippen molar-refractivity contribution in [3.05, 3.63) is 35.4 Å². The minimum absolute atomic E-state index is 0.00764. The van der Waals surface area contributed by atoms with E-state index < -0.39 is 173 Å². The summed E-state index contributed by atoms with van der Waals surface area (Å²) in [5.41, 5.74) is 4.82. The minimum atomic E-state index is -1.91. The SMILES string of the molecule is CCC[C@@H]1NC(=O)[C@H](CC)NC(=O)[C@H](CCC(=O)O)NC(=O)C(C)(C)NC(=O)[C@H](CC2CNC3NCCCC23)NC(=O)[C@H]([C@@H](C)O)NC(=O)[C@@H]2CCCN2C(=O)[C@H](CC2CCC(O)CC2)NC(=O)[C@H](C(C)(C)C)NC(=O)CCSCc2cccc(c2)CSC[C@@H](C(N)=O)NC(=O)[C@H](C)NC1=O. The Labute approximate surface area is 600 Å². The van der Waals surface area contributed by atoms with Gasteiger partial charge >= 0.3 is 5.97 Å². The summed E-state index contributed by atoms with van der Waals surface area (Å²) in [6.07, 6.45) is 1.51. The van der Waals surface area contributed by atoms with E-state index >= 15 is 4.79 Å². The van der Waals surface area contributed by atoms with Crippen LogP contribution in [0.5, 0.6) is 0 Å². The zero-order valence-corrected chi connectivity index (χ0v) is 61.4. The van der Waals surface area contributed by atoms with Crippen LogP contribution in [-0.2, 0) is 73.8 Å². The Bertz CT molecular complexity index is 3090. The quantitative estimate of drug-likeness (QED) is 0.128. The molecule has 14 atom stereocenters. The molecule has 2 bridgehead atoms. The Balaban J connectivity index is 1.30. The number of nitrogens with one attached hydrogen (secondary N) is 12. The van der Waals surface area contributed by atoms with Crippen molar-refractivity contribution in [2.75, 3.05) is 31.1 Å². The van der Waals surface area contributed by atoms with E-state index in [2.05, 4.69) is 63.8 Å². The van der Waals surface area contributed by atoms with Gasteiger partial charge in [-0.05, 0) is 159 Å². The van der Waals surface area contributed by atoms with Crippen LogP contribution >= 0.6 is 23.5 Å². The average molecular weight is 1460 g/mol. The van der Waals surface area contributed by atoms with Crippen molar-refractivity contribution in [1.82, 2.24) is 68.7 Å². The number of hydrogen-bond donors (Lipinski definition) is 16. The zero-order valence-electron chi connectivity index (χ0n) is 59.8. The van der Waals surface area contributed by atoms with Crippen LogP contribution in [0, 0.1) is 23.2 Å². The number of hydrogen-bond acceptors (Lipinski definition) is 19. The lowest BCUT2D eigenvalue weighted by atomic mass is 9.82. The number of primary amides is 1. The third kappa shape index (κ3) is 25.1. The number of aliphatic hydroxyl groups is 2. The van der Waals surface area contributed by atoms with E-state index in [-0.39, 0.29) is 74.7 Å². The normalized spacial score (nSPS) is 31.1. The highest BCUT2D eigenvalue weighted by Gasteiger charge is 2.46. The number of aliphatic carboxylic acids is 1. The molecule has 1 aromatic carbocycles. The second-order valence-electron chi connectivity index (χ2n) is 29.2. The van der Waals surface area contributed by atoms with Crippen molar-refractivity contribution in [2.24, 2.45) is 28.9 Å². The standard InChI is InChI=1S/C69H110N14O16S2/c1-10-15-46-60(92)73-37(3)58(90)78-50(56(70)89)36-101-35-41-17-12-16-40(30-41)34-100-29-26-52(86)80-55(68(5,6)7)65(97)77-49(31-39-20-22-43(85)23-21-39)66(98)83-28-14-19-51(83)63(95)81-54(38(4)84)64(96)76-48(32-42-33-72-57-44(42)18-13-27-71-57)62(94)82-69(8,9)67(99)79-47(24-25-53(87)88)61(93)74-45(11-2)59(91)75-46/h12,16-17,30,37-39,42-51,54-55,57,71-72,84-85H,10-11,13-15,18-29,31-36H2,1-9H3,(H2,70,89)(H,73,92)(H,74,93)(H,75,91)(H,76,96)(H,77,97)(H,78,90)(H,79,99)(H,80,86)(H,81,95)(H,82,94)(H,87,88)/t37-,38+,39?,42?,43?,44?,45-,46-,47-,48-,49-,50-,51-,54-,55+,57?/m0/s1. The maximum atomic E-state index is 15.1. The molecule has 1 aromatic rings. The van der Waals surface area contributed by atoms with Crippen LogP contribution in [0.2, 0.25) is 0 Å². The molecule has 0 aromatic heterocycles. The molecule has 30 nitrogen and oxygen atoms in total. The molecule has 6 rings (SSSR count). The Kier molecular flexibility index (Phi) is 31.9. The molecule has 32 heteroatoms. The van der Waals surface area contributed by atoms with Crippen molar-refractivity contribution in [2.45, 2.75) is 261 Å². The maximum absolute atomic E-state index is 15.1. The molecule has 0 spiro atoms. The number of nitrogens with two attached hydrogens (primary N) is 1. The number of rotatable bonds is 12. The molecule has 4 aliphatic heterocycles. The molecular formula is C69H110N14O16S2. The molecule has 3 unspecified atom stereocenters. The monoisotopic (exact) mass is 1450 g/mol. The lowest BCUT2D eigenvalue weighted by Crippen LogP contribution is -2.64. The second-order valence-corrected chi connectivity index (χ2v) is 31.3. The van der Waals surface area contributed by atoms with Crippen LogP contribution in [-0.4, -0.2) is 213 Å². The van der Waals surface area contributed by atoms with Crippen molar-refractivity contribution >= 4 is 100 Å². The molecule has 4 fully saturated rings. The second kappa shape index (κ2) is 38.9. The van der Waals surface area contributed by atoms with Crippen molar-refractivity contribution < 1.29 is 77.6 Å². The van der Waals surface area contributed by atoms with Crippen molar-refractivity contribution in [3.8, 4) is 0 Å². The van der Waals surface area contributed by atoms with Crippen LogP contribution in [0.15, 0.2) is 24.3 Å². The molecule has 3 saturated heterocycles. The topological polar surface area (TPSA) is 456 Å². The summed E-state index contributed by atoms with van der Waals surface area (Å²) >= 11 is 2.82. The molecule has 5 aliphatic rings. The summed E-state index contributed by atoms with van der Waals surface area (Å²) in [7, 11) is 0. The number of aliphatic hydroxyl groups excluding tert-OH is 2. The number of carboxylic acid groups (broad SMARTS) is 1. The van der Waals surface area contributed by atoms with E-state index in [9.17, 15) is 72.9 Å². The molecule has 12 amide bonds. The Hall–Kier alpha value is -7.13. The zero-order chi connectivity index (χ0) is 74.5. The van der Waals surface area contributed by atoms with Gasteiger partial charge in [-0.15, -0.1) is 0 Å².